The smallest absolute Gasteiger partial charge is 0.338 e. The van der Waals surface area contributed by atoms with Crippen LogP contribution in [0.4, 0.5) is 5.82 Å². The molecule has 3 rings (SSSR count). The number of ether oxygens (including phenoxy) is 2. The summed E-state index contributed by atoms with van der Waals surface area (Å²) in [5.74, 6) is 0.449. The summed E-state index contributed by atoms with van der Waals surface area (Å²) in [4.78, 5) is 20.3. The maximum atomic E-state index is 11.7. The Morgan fingerprint density at radius 1 is 1.45 bits per heavy atom. The number of aryl methyl sites for hydroxylation is 1. The largest absolute Gasteiger partial charge is 0.480 e. The van der Waals surface area contributed by atoms with Crippen molar-refractivity contribution in [3.05, 3.63) is 63.4 Å². The highest BCUT2D eigenvalue weighted by molar-refractivity contribution is 5.93. The highest BCUT2D eigenvalue weighted by atomic mass is 16.5. The van der Waals surface area contributed by atoms with Crippen LogP contribution in [0.5, 0.6) is 5.88 Å². The van der Waals surface area contributed by atoms with Crippen LogP contribution in [0.15, 0.2) is 35.0 Å². The number of cyclic esters (lactones) is 1. The number of nitrogens with two attached hydrogens (primary N) is 1. The third-order valence-electron chi connectivity index (χ3n) is 5.23. The van der Waals surface area contributed by atoms with Gasteiger partial charge in [0.15, 0.2) is 5.82 Å². The number of nitriles is 1. The predicted octanol–water partition coefficient (Wildman–Crippen LogP) is 2.63. The summed E-state index contributed by atoms with van der Waals surface area (Å²) < 4.78 is 10.3. The van der Waals surface area contributed by atoms with E-state index in [1.165, 1.54) is 18.9 Å². The summed E-state index contributed by atoms with van der Waals surface area (Å²) in [6, 6.07) is 7.63. The molecule has 0 amide bonds. The van der Waals surface area contributed by atoms with Gasteiger partial charge in [-0.15, -0.1) is 0 Å². The zero-order valence-electron chi connectivity index (χ0n) is 17.9. The lowest BCUT2D eigenvalue weighted by atomic mass is 9.97. The van der Waals surface area contributed by atoms with Gasteiger partial charge in [0.2, 0.25) is 5.88 Å². The number of benzene rings is 1. The van der Waals surface area contributed by atoms with Crippen LogP contribution in [0.25, 0.3) is 0 Å². The van der Waals surface area contributed by atoms with E-state index in [9.17, 15) is 10.1 Å². The minimum absolute atomic E-state index is 0.246. The van der Waals surface area contributed by atoms with Crippen molar-refractivity contribution in [1.29, 1.82) is 5.26 Å². The number of nitrogens with zero attached hydrogens (tertiary/aromatic N) is 3. The van der Waals surface area contributed by atoms with Crippen LogP contribution in [0.2, 0.25) is 0 Å². The number of hydrogen-bond acceptors (Lipinski definition) is 8. The quantitative estimate of drug-likeness (QED) is 0.383. The molecule has 1 aromatic heterocycles. The molecular formula is C23H25N5O3. The molecule has 0 radical (unpaired) electrons. The number of nitrogens with one attached hydrogen (secondary N) is 1. The van der Waals surface area contributed by atoms with Crippen molar-refractivity contribution >= 4 is 18.0 Å². The van der Waals surface area contributed by atoms with Gasteiger partial charge in [-0.3, -0.25) is 0 Å². The molecule has 0 spiro atoms. The number of carbonyl (C=O) groups is 1. The number of esters is 1. The number of rotatable bonds is 8. The third-order valence-corrected chi connectivity index (χ3v) is 5.23. The van der Waals surface area contributed by atoms with Crippen molar-refractivity contribution in [2.24, 2.45) is 10.7 Å². The Morgan fingerprint density at radius 2 is 2.26 bits per heavy atom. The Hall–Kier alpha value is -3.70. The Morgan fingerprint density at radius 3 is 2.97 bits per heavy atom. The van der Waals surface area contributed by atoms with Crippen molar-refractivity contribution in [2.75, 3.05) is 20.2 Å². The van der Waals surface area contributed by atoms with Crippen LogP contribution in [0.3, 0.4) is 0 Å². The first-order chi connectivity index (χ1) is 15.0. The first kappa shape index (κ1) is 22.0. The summed E-state index contributed by atoms with van der Waals surface area (Å²) in [6.07, 6.45) is 3.95. The molecule has 31 heavy (non-hydrogen) atoms. The van der Waals surface area contributed by atoms with Gasteiger partial charge < -0.3 is 20.5 Å². The van der Waals surface area contributed by atoms with Gasteiger partial charge in [0, 0.05) is 18.3 Å². The normalized spacial score (nSPS) is 13.2. The Balaban J connectivity index is 1.57. The summed E-state index contributed by atoms with van der Waals surface area (Å²) in [7, 11) is 1.47. The van der Waals surface area contributed by atoms with Crippen LogP contribution < -0.4 is 15.8 Å². The molecule has 0 saturated heterocycles. The monoisotopic (exact) mass is 419 g/mol. The average Bonchev–Trinajstić information content (AvgIpc) is 3.15. The molecule has 2 aromatic rings. The summed E-state index contributed by atoms with van der Waals surface area (Å²) in [5.41, 5.74) is 11.6. The molecule has 3 N–H and O–H groups in total. The van der Waals surface area contributed by atoms with E-state index in [0.717, 1.165) is 35.2 Å². The van der Waals surface area contributed by atoms with E-state index in [2.05, 4.69) is 21.4 Å². The fraction of sp³-hybridized carbons (Fsp3) is 0.304. The van der Waals surface area contributed by atoms with Crippen LogP contribution in [0.1, 0.15) is 38.2 Å². The van der Waals surface area contributed by atoms with Crippen LogP contribution in [0, 0.1) is 25.2 Å². The molecule has 1 aliphatic rings. The van der Waals surface area contributed by atoms with Gasteiger partial charge in [0.1, 0.15) is 18.2 Å². The number of carbonyl (C=O) groups excluding carboxylic acids is 1. The molecule has 2 heterocycles. The summed E-state index contributed by atoms with van der Waals surface area (Å²) in [6.45, 7) is 5.46. The molecule has 160 valence electrons. The number of aromatic nitrogens is 1. The van der Waals surface area contributed by atoms with Crippen molar-refractivity contribution in [3.8, 4) is 11.9 Å². The molecule has 0 saturated carbocycles. The van der Waals surface area contributed by atoms with Gasteiger partial charge in [-0.05, 0) is 67.4 Å². The maximum Gasteiger partial charge on any atom is 0.338 e. The highest BCUT2D eigenvalue weighted by Crippen LogP contribution is 2.26. The molecule has 8 nitrogen and oxygen atoms in total. The summed E-state index contributed by atoms with van der Waals surface area (Å²) >= 11 is 0. The number of hydrogen-bond donors (Lipinski definition) is 2. The molecule has 1 aromatic carbocycles. The molecule has 0 atom stereocenters. The fourth-order valence-corrected chi connectivity index (χ4v) is 3.40. The lowest BCUT2D eigenvalue weighted by Crippen LogP contribution is -2.21. The molecule has 0 unspecified atom stereocenters. The van der Waals surface area contributed by atoms with Gasteiger partial charge in [-0.1, -0.05) is 6.07 Å². The van der Waals surface area contributed by atoms with Gasteiger partial charge in [0.05, 0.1) is 12.7 Å². The first-order valence-electron chi connectivity index (χ1n) is 9.88. The van der Waals surface area contributed by atoms with Crippen molar-refractivity contribution in [1.82, 2.24) is 10.3 Å². The molecule has 0 bridgehead atoms. The topological polar surface area (TPSA) is 123 Å². The van der Waals surface area contributed by atoms with E-state index in [0.29, 0.717) is 30.1 Å². The number of pyridine rings is 1. The lowest BCUT2D eigenvalue weighted by Gasteiger charge is -2.10. The number of aliphatic imine (C=N–C) groups is 1. The Kier molecular flexibility index (Phi) is 7.00. The van der Waals surface area contributed by atoms with Crippen LogP contribution >= 0.6 is 0 Å². The molecular weight excluding hydrogens is 394 g/mol. The SMILES string of the molecule is COc1nc(N=CC(=CN)CNCCc2ccc3c(c2C)COC3=O)cc(C)c1C#N. The number of methoxy groups -OCH3 is 1. The Labute approximate surface area is 181 Å². The van der Waals surface area contributed by atoms with E-state index in [-0.39, 0.29) is 11.8 Å². The zero-order chi connectivity index (χ0) is 22.4. The van der Waals surface area contributed by atoms with E-state index in [4.69, 9.17) is 15.2 Å². The van der Waals surface area contributed by atoms with E-state index in [1.54, 1.807) is 12.3 Å². The minimum Gasteiger partial charge on any atom is -0.480 e. The minimum atomic E-state index is -0.246. The van der Waals surface area contributed by atoms with Gasteiger partial charge >= 0.3 is 5.97 Å². The number of fused-ring (bicyclic) bond motifs is 1. The second kappa shape index (κ2) is 9.87. The average molecular weight is 419 g/mol. The van der Waals surface area contributed by atoms with Crippen molar-refractivity contribution in [3.63, 3.8) is 0 Å². The Bertz CT molecular complexity index is 1100. The first-order valence-corrected chi connectivity index (χ1v) is 9.88. The fourth-order valence-electron chi connectivity index (χ4n) is 3.40. The maximum absolute atomic E-state index is 11.7. The molecule has 1 aliphatic heterocycles. The van der Waals surface area contributed by atoms with Crippen LogP contribution in [-0.4, -0.2) is 37.4 Å². The van der Waals surface area contributed by atoms with E-state index < -0.39 is 0 Å². The van der Waals surface area contributed by atoms with E-state index in [1.807, 2.05) is 26.0 Å². The van der Waals surface area contributed by atoms with Crippen molar-refractivity contribution < 1.29 is 14.3 Å². The van der Waals surface area contributed by atoms with E-state index >= 15 is 0 Å². The second-order valence-corrected chi connectivity index (χ2v) is 7.17. The van der Waals surface area contributed by atoms with Crippen molar-refractivity contribution in [2.45, 2.75) is 26.9 Å². The van der Waals surface area contributed by atoms with Crippen LogP contribution in [-0.2, 0) is 17.8 Å². The van der Waals surface area contributed by atoms with Gasteiger partial charge in [-0.2, -0.15) is 10.2 Å². The standard InChI is InChI=1S/C23H25N5O3/c1-14-8-21(28-22(30-3)19(14)10-25)27-12-16(9-24)11-26-7-6-17-4-5-18-20(15(17)2)13-31-23(18)29/h4-5,8-9,12,26H,6-7,11,13,24H2,1-3H3. The third kappa shape index (κ3) is 4.90. The second-order valence-electron chi connectivity index (χ2n) is 7.17. The predicted molar refractivity (Wildman–Crippen MR) is 118 cm³/mol. The molecule has 0 fully saturated rings. The summed E-state index contributed by atoms with van der Waals surface area (Å²) in [5, 5.41) is 12.5. The molecule has 8 heteroatoms. The zero-order valence-corrected chi connectivity index (χ0v) is 17.9. The lowest BCUT2D eigenvalue weighted by molar-refractivity contribution is 0.0535. The van der Waals surface area contributed by atoms with Gasteiger partial charge in [0.25, 0.3) is 0 Å². The highest BCUT2D eigenvalue weighted by Gasteiger charge is 2.23. The molecule has 0 aliphatic carbocycles. The van der Waals surface area contributed by atoms with Gasteiger partial charge in [-0.25, -0.2) is 9.79 Å².